The minimum absolute atomic E-state index is 0.0295. The average Bonchev–Trinajstić information content (AvgIpc) is 2.97. The summed E-state index contributed by atoms with van der Waals surface area (Å²) in [6, 6.07) is 4.01. The second-order valence-electron chi connectivity index (χ2n) is 4.73. The highest BCUT2D eigenvalue weighted by Crippen LogP contribution is 2.42. The van der Waals surface area contributed by atoms with Gasteiger partial charge in [0, 0.05) is 37.0 Å². The number of nitrogens with zero attached hydrogens (tertiary/aromatic N) is 1. The van der Waals surface area contributed by atoms with E-state index in [9.17, 15) is 18.4 Å². The molecule has 0 radical (unpaired) electrons. The van der Waals surface area contributed by atoms with Crippen molar-refractivity contribution in [2.75, 3.05) is 24.2 Å². The largest absolute Gasteiger partial charge is 0.586 e. The van der Waals surface area contributed by atoms with Crippen molar-refractivity contribution in [2.24, 2.45) is 0 Å². The SMILES string of the molecule is O=C(CCN1CCSC1=O)Nc1ccc2c(c1)OC(F)(F)O2. The van der Waals surface area contributed by atoms with Crippen LogP contribution in [-0.2, 0) is 4.79 Å². The molecule has 2 heterocycles. The fourth-order valence-electron chi connectivity index (χ4n) is 2.12. The van der Waals surface area contributed by atoms with Crippen molar-refractivity contribution in [3.8, 4) is 11.5 Å². The number of anilines is 1. The first-order valence-corrected chi connectivity index (χ1v) is 7.53. The van der Waals surface area contributed by atoms with Crippen LogP contribution in [-0.4, -0.2) is 41.2 Å². The maximum absolute atomic E-state index is 12.9. The van der Waals surface area contributed by atoms with Crippen LogP contribution in [0.3, 0.4) is 0 Å². The van der Waals surface area contributed by atoms with Crippen LogP contribution in [0.2, 0.25) is 0 Å². The molecule has 1 N–H and O–H groups in total. The second kappa shape index (κ2) is 5.64. The summed E-state index contributed by atoms with van der Waals surface area (Å²) in [6.45, 7) is 0.968. The van der Waals surface area contributed by atoms with Crippen LogP contribution in [0.15, 0.2) is 18.2 Å². The Hall–Kier alpha value is -2.03. The number of amides is 2. The number of thioether (sulfide) groups is 1. The van der Waals surface area contributed by atoms with Gasteiger partial charge in [-0.2, -0.15) is 0 Å². The van der Waals surface area contributed by atoms with Gasteiger partial charge >= 0.3 is 6.29 Å². The number of fused-ring (bicyclic) bond motifs is 1. The zero-order chi connectivity index (χ0) is 15.7. The molecule has 2 aliphatic rings. The predicted molar refractivity (Wildman–Crippen MR) is 75.3 cm³/mol. The first-order valence-electron chi connectivity index (χ1n) is 6.54. The number of ether oxygens (including phenoxy) is 2. The molecule has 1 fully saturated rings. The first kappa shape index (κ1) is 14.9. The lowest BCUT2D eigenvalue weighted by Crippen LogP contribution is -2.27. The monoisotopic (exact) mass is 330 g/mol. The molecule has 1 saturated heterocycles. The van der Waals surface area contributed by atoms with E-state index < -0.39 is 6.29 Å². The topological polar surface area (TPSA) is 67.9 Å². The smallest absolute Gasteiger partial charge is 0.395 e. The van der Waals surface area contributed by atoms with E-state index in [2.05, 4.69) is 14.8 Å². The summed E-state index contributed by atoms with van der Waals surface area (Å²) in [4.78, 5) is 24.8. The van der Waals surface area contributed by atoms with Gasteiger partial charge in [-0.1, -0.05) is 11.8 Å². The summed E-state index contributed by atoms with van der Waals surface area (Å²) in [6.07, 6.45) is -3.55. The van der Waals surface area contributed by atoms with Crippen LogP contribution in [0.5, 0.6) is 11.5 Å². The minimum Gasteiger partial charge on any atom is -0.395 e. The van der Waals surface area contributed by atoms with Gasteiger partial charge in [0.1, 0.15) is 0 Å². The van der Waals surface area contributed by atoms with Gasteiger partial charge in [0.25, 0.3) is 5.24 Å². The van der Waals surface area contributed by atoms with Crippen molar-refractivity contribution in [2.45, 2.75) is 12.7 Å². The third-order valence-corrected chi connectivity index (χ3v) is 4.03. The van der Waals surface area contributed by atoms with Crippen molar-refractivity contribution in [3.05, 3.63) is 18.2 Å². The van der Waals surface area contributed by atoms with Gasteiger partial charge in [0.2, 0.25) is 5.91 Å². The molecule has 9 heteroatoms. The van der Waals surface area contributed by atoms with Crippen molar-refractivity contribution in [1.29, 1.82) is 0 Å². The molecule has 1 aromatic carbocycles. The van der Waals surface area contributed by atoms with Crippen LogP contribution in [0.1, 0.15) is 6.42 Å². The molecule has 0 unspecified atom stereocenters. The fraction of sp³-hybridized carbons (Fsp3) is 0.385. The standard InChI is InChI=1S/C13H12F2N2O4S/c14-13(15)20-9-2-1-8(7-10(9)21-13)16-11(18)3-4-17-5-6-22-12(17)19/h1-2,7H,3-6H2,(H,16,18). The van der Waals surface area contributed by atoms with E-state index in [1.165, 1.54) is 30.0 Å². The van der Waals surface area contributed by atoms with Crippen LogP contribution < -0.4 is 14.8 Å². The van der Waals surface area contributed by atoms with E-state index in [1.807, 2.05) is 0 Å². The Morgan fingerprint density at radius 3 is 2.86 bits per heavy atom. The Morgan fingerprint density at radius 2 is 2.14 bits per heavy atom. The summed E-state index contributed by atoms with van der Waals surface area (Å²) in [5.74, 6) is 0.212. The Balaban J connectivity index is 1.55. The molecule has 22 heavy (non-hydrogen) atoms. The summed E-state index contributed by atoms with van der Waals surface area (Å²) >= 11 is 1.23. The number of benzene rings is 1. The minimum atomic E-state index is -3.68. The van der Waals surface area contributed by atoms with E-state index >= 15 is 0 Å². The van der Waals surface area contributed by atoms with Gasteiger partial charge in [0.05, 0.1) is 0 Å². The molecule has 1 aromatic rings. The number of rotatable bonds is 4. The van der Waals surface area contributed by atoms with Crippen LogP contribution >= 0.6 is 11.8 Å². The normalized spacial score (nSPS) is 18.6. The second-order valence-corrected chi connectivity index (χ2v) is 5.77. The van der Waals surface area contributed by atoms with Gasteiger partial charge in [-0.25, -0.2) is 0 Å². The first-order chi connectivity index (χ1) is 10.4. The highest BCUT2D eigenvalue weighted by atomic mass is 32.2. The Morgan fingerprint density at radius 1 is 1.36 bits per heavy atom. The van der Waals surface area contributed by atoms with Gasteiger partial charge < -0.3 is 19.7 Å². The summed E-state index contributed by atoms with van der Waals surface area (Å²) in [5, 5.41) is 2.54. The number of hydrogen-bond donors (Lipinski definition) is 1. The zero-order valence-corrected chi connectivity index (χ0v) is 12.1. The van der Waals surface area contributed by atoms with Gasteiger partial charge in [0.15, 0.2) is 11.5 Å². The Kier molecular flexibility index (Phi) is 3.81. The molecular formula is C13H12F2N2O4S. The number of carbonyl (C=O) groups is 2. The third kappa shape index (κ3) is 3.24. The quantitative estimate of drug-likeness (QED) is 0.919. The maximum atomic E-state index is 12.9. The summed E-state index contributed by atoms with van der Waals surface area (Å²) in [7, 11) is 0. The molecule has 0 atom stereocenters. The Bertz CT molecular complexity index is 626. The van der Waals surface area contributed by atoms with E-state index in [-0.39, 0.29) is 29.1 Å². The predicted octanol–water partition coefficient (Wildman–Crippen LogP) is 2.51. The summed E-state index contributed by atoms with van der Waals surface area (Å²) < 4.78 is 34.4. The molecule has 0 saturated carbocycles. The van der Waals surface area contributed by atoms with Crippen LogP contribution in [0, 0.1) is 0 Å². The Labute approximate surface area is 128 Å². The summed E-state index contributed by atoms with van der Waals surface area (Å²) in [5.41, 5.74) is 0.326. The number of hydrogen-bond acceptors (Lipinski definition) is 5. The molecule has 0 spiro atoms. The van der Waals surface area contributed by atoms with Gasteiger partial charge in [-0.3, -0.25) is 9.59 Å². The number of halogens is 2. The van der Waals surface area contributed by atoms with Crippen LogP contribution in [0.25, 0.3) is 0 Å². The van der Waals surface area contributed by atoms with E-state index in [1.54, 1.807) is 4.90 Å². The highest BCUT2D eigenvalue weighted by molar-refractivity contribution is 8.13. The third-order valence-electron chi connectivity index (χ3n) is 3.14. The molecule has 6 nitrogen and oxygen atoms in total. The fourth-order valence-corrected chi connectivity index (χ4v) is 2.97. The van der Waals surface area contributed by atoms with Crippen molar-refractivity contribution in [1.82, 2.24) is 4.90 Å². The van der Waals surface area contributed by atoms with Crippen molar-refractivity contribution in [3.63, 3.8) is 0 Å². The van der Waals surface area contributed by atoms with Crippen molar-refractivity contribution < 1.29 is 27.8 Å². The molecule has 0 aromatic heterocycles. The zero-order valence-electron chi connectivity index (χ0n) is 11.3. The van der Waals surface area contributed by atoms with E-state index in [0.29, 0.717) is 18.8 Å². The van der Waals surface area contributed by atoms with E-state index in [0.717, 1.165) is 5.75 Å². The maximum Gasteiger partial charge on any atom is 0.586 e. The molecule has 3 rings (SSSR count). The molecular weight excluding hydrogens is 318 g/mol. The lowest BCUT2D eigenvalue weighted by atomic mass is 10.2. The molecule has 118 valence electrons. The molecule has 2 amide bonds. The molecule has 0 bridgehead atoms. The molecule has 2 aliphatic heterocycles. The lowest BCUT2D eigenvalue weighted by Gasteiger charge is -2.13. The van der Waals surface area contributed by atoms with Crippen LogP contribution in [0.4, 0.5) is 19.3 Å². The number of alkyl halides is 2. The highest BCUT2D eigenvalue weighted by Gasteiger charge is 2.43. The number of carbonyl (C=O) groups excluding carboxylic acids is 2. The lowest BCUT2D eigenvalue weighted by molar-refractivity contribution is -0.286. The van der Waals surface area contributed by atoms with Gasteiger partial charge in [-0.15, -0.1) is 8.78 Å². The van der Waals surface area contributed by atoms with Gasteiger partial charge in [-0.05, 0) is 12.1 Å². The van der Waals surface area contributed by atoms with E-state index in [4.69, 9.17) is 0 Å². The average molecular weight is 330 g/mol. The number of nitrogens with one attached hydrogen (secondary N) is 1. The van der Waals surface area contributed by atoms with Crippen molar-refractivity contribution >= 4 is 28.6 Å². The molecule has 0 aliphatic carbocycles.